The van der Waals surface area contributed by atoms with Gasteiger partial charge < -0.3 is 16.8 Å². The molecule has 1 aromatic carbocycles. The zero-order valence-corrected chi connectivity index (χ0v) is 15.3. The van der Waals surface area contributed by atoms with E-state index in [1.165, 1.54) is 12.1 Å². The summed E-state index contributed by atoms with van der Waals surface area (Å²) in [4.78, 5) is 20.5. The van der Waals surface area contributed by atoms with Crippen LogP contribution in [0.3, 0.4) is 0 Å². The number of anilines is 1. The second kappa shape index (κ2) is 8.90. The Morgan fingerprint density at radius 1 is 1.19 bits per heavy atom. The number of carbonyl (C=O) groups excluding carboxylic acids is 1. The number of hydrogen-bond acceptors (Lipinski definition) is 5. The van der Waals surface area contributed by atoms with Crippen LogP contribution in [0.5, 0.6) is 0 Å². The smallest absolute Gasteiger partial charge is 0.237 e. The molecule has 0 spiro atoms. The third kappa shape index (κ3) is 5.47. The van der Waals surface area contributed by atoms with Crippen molar-refractivity contribution in [2.75, 3.05) is 12.3 Å². The highest BCUT2D eigenvalue weighted by Crippen LogP contribution is 2.34. The maximum atomic E-state index is 12.9. The van der Waals surface area contributed by atoms with Crippen LogP contribution in [-0.4, -0.2) is 28.5 Å². The number of amides is 1. The molecule has 144 valence electrons. The van der Waals surface area contributed by atoms with Crippen LogP contribution in [-0.2, 0) is 11.2 Å². The van der Waals surface area contributed by atoms with Gasteiger partial charge in [0.1, 0.15) is 5.82 Å². The first-order valence-corrected chi connectivity index (χ1v) is 9.37. The quantitative estimate of drug-likeness (QED) is 0.721. The molecule has 1 heterocycles. The molecule has 5 N–H and O–H groups in total. The fourth-order valence-corrected chi connectivity index (χ4v) is 3.62. The molecular weight excluding hydrogens is 345 g/mol. The minimum Gasteiger partial charge on any atom is -0.368 e. The Balaban J connectivity index is 1.41. The van der Waals surface area contributed by atoms with Crippen molar-refractivity contribution in [2.45, 2.75) is 44.1 Å². The Bertz CT molecular complexity index is 759. The monoisotopic (exact) mass is 371 g/mol. The molecule has 2 aromatic rings. The molecule has 0 bridgehead atoms. The van der Waals surface area contributed by atoms with Crippen molar-refractivity contribution in [3.05, 3.63) is 53.6 Å². The lowest BCUT2D eigenvalue weighted by molar-refractivity contribution is -0.122. The van der Waals surface area contributed by atoms with Gasteiger partial charge in [-0.3, -0.25) is 4.79 Å². The summed E-state index contributed by atoms with van der Waals surface area (Å²) in [6.07, 6.45) is 6.21. The van der Waals surface area contributed by atoms with Gasteiger partial charge in [0.05, 0.1) is 6.04 Å². The first kappa shape index (κ1) is 19.2. The van der Waals surface area contributed by atoms with Crippen molar-refractivity contribution in [3.8, 4) is 0 Å². The number of carbonyl (C=O) groups is 1. The van der Waals surface area contributed by atoms with Crippen LogP contribution in [0.4, 0.5) is 10.3 Å². The minimum absolute atomic E-state index is 0.162. The normalized spacial score (nSPS) is 20.8. The van der Waals surface area contributed by atoms with E-state index in [4.69, 9.17) is 11.5 Å². The van der Waals surface area contributed by atoms with Gasteiger partial charge in [-0.1, -0.05) is 12.1 Å². The van der Waals surface area contributed by atoms with Gasteiger partial charge in [-0.25, -0.2) is 14.4 Å². The molecule has 1 saturated carbocycles. The molecule has 0 aliphatic heterocycles. The van der Waals surface area contributed by atoms with Crippen molar-refractivity contribution >= 4 is 11.9 Å². The third-order valence-electron chi connectivity index (χ3n) is 5.23. The predicted molar refractivity (Wildman–Crippen MR) is 102 cm³/mol. The Hall–Kier alpha value is -2.54. The zero-order chi connectivity index (χ0) is 19.2. The van der Waals surface area contributed by atoms with E-state index < -0.39 is 6.04 Å². The number of rotatable bonds is 6. The summed E-state index contributed by atoms with van der Waals surface area (Å²) >= 11 is 0. The van der Waals surface area contributed by atoms with Gasteiger partial charge in [0.15, 0.2) is 0 Å². The van der Waals surface area contributed by atoms with Crippen LogP contribution in [0.15, 0.2) is 36.5 Å². The Morgan fingerprint density at radius 3 is 2.56 bits per heavy atom. The molecule has 7 heteroatoms. The van der Waals surface area contributed by atoms with Gasteiger partial charge >= 0.3 is 0 Å². The predicted octanol–water partition coefficient (Wildman–Crippen LogP) is 2.16. The topological polar surface area (TPSA) is 107 Å². The number of hydrogen-bond donors (Lipinski definition) is 3. The molecule has 0 saturated heterocycles. The van der Waals surface area contributed by atoms with Gasteiger partial charge in [-0.2, -0.15) is 0 Å². The summed E-state index contributed by atoms with van der Waals surface area (Å²) in [5.41, 5.74) is 13.5. The number of nitrogens with one attached hydrogen (secondary N) is 1. The van der Waals surface area contributed by atoms with Crippen LogP contribution in [0.2, 0.25) is 0 Å². The highest BCUT2D eigenvalue weighted by atomic mass is 19.1. The van der Waals surface area contributed by atoms with E-state index in [0.717, 1.165) is 36.9 Å². The average Bonchev–Trinajstić information content (AvgIpc) is 2.68. The van der Waals surface area contributed by atoms with Crippen molar-refractivity contribution in [1.29, 1.82) is 0 Å². The third-order valence-corrected chi connectivity index (χ3v) is 5.23. The van der Waals surface area contributed by atoms with E-state index in [0.29, 0.717) is 30.7 Å². The van der Waals surface area contributed by atoms with Crippen LogP contribution in [0.1, 0.15) is 42.9 Å². The lowest BCUT2D eigenvalue weighted by atomic mass is 9.80. The molecule has 1 amide bonds. The van der Waals surface area contributed by atoms with Crippen LogP contribution in [0.25, 0.3) is 0 Å². The van der Waals surface area contributed by atoms with Gasteiger partial charge in [-0.15, -0.1) is 0 Å². The molecule has 27 heavy (non-hydrogen) atoms. The lowest BCUT2D eigenvalue weighted by Gasteiger charge is -2.28. The maximum absolute atomic E-state index is 12.9. The summed E-state index contributed by atoms with van der Waals surface area (Å²) in [5.74, 6) is 0.712. The van der Waals surface area contributed by atoms with Gasteiger partial charge in [0.2, 0.25) is 11.9 Å². The fraction of sp³-hybridized carbons (Fsp3) is 0.450. The lowest BCUT2D eigenvalue weighted by Crippen LogP contribution is -2.44. The molecule has 1 atom stereocenters. The maximum Gasteiger partial charge on any atom is 0.237 e. The highest BCUT2D eigenvalue weighted by molar-refractivity contribution is 5.81. The van der Waals surface area contributed by atoms with E-state index in [9.17, 15) is 9.18 Å². The van der Waals surface area contributed by atoms with Crippen LogP contribution in [0, 0.1) is 11.7 Å². The minimum atomic E-state index is -0.629. The largest absolute Gasteiger partial charge is 0.368 e. The number of halogens is 1. The molecule has 1 aromatic heterocycles. The van der Waals surface area contributed by atoms with E-state index in [1.807, 2.05) is 6.07 Å². The summed E-state index contributed by atoms with van der Waals surface area (Å²) in [5, 5.41) is 2.96. The first-order valence-electron chi connectivity index (χ1n) is 9.37. The molecule has 1 unspecified atom stereocenters. The van der Waals surface area contributed by atoms with Crippen LogP contribution < -0.4 is 16.8 Å². The van der Waals surface area contributed by atoms with E-state index in [-0.39, 0.29) is 11.7 Å². The summed E-state index contributed by atoms with van der Waals surface area (Å²) in [6.45, 7) is 0.634. The Labute approximate surface area is 158 Å². The van der Waals surface area contributed by atoms with E-state index >= 15 is 0 Å². The van der Waals surface area contributed by atoms with Crippen LogP contribution >= 0.6 is 0 Å². The zero-order valence-electron chi connectivity index (χ0n) is 15.3. The van der Waals surface area contributed by atoms with Crippen molar-refractivity contribution < 1.29 is 9.18 Å². The highest BCUT2D eigenvalue weighted by Gasteiger charge is 2.24. The number of benzene rings is 1. The van der Waals surface area contributed by atoms with Crippen molar-refractivity contribution in [3.63, 3.8) is 0 Å². The number of nitrogen functional groups attached to an aromatic ring is 1. The number of nitrogens with zero attached hydrogens (tertiary/aromatic N) is 2. The molecule has 1 fully saturated rings. The second-order valence-electron chi connectivity index (χ2n) is 7.24. The molecule has 1 aliphatic carbocycles. The average molecular weight is 371 g/mol. The van der Waals surface area contributed by atoms with Gasteiger partial charge in [-0.05, 0) is 61.8 Å². The molecule has 1 aliphatic rings. The first-order chi connectivity index (χ1) is 13.0. The molecule has 0 radical (unpaired) electrons. The van der Waals surface area contributed by atoms with Crippen molar-refractivity contribution in [2.24, 2.45) is 11.7 Å². The molecule has 3 rings (SSSR count). The second-order valence-corrected chi connectivity index (χ2v) is 7.24. The standard InChI is InChI=1S/C20H26FN5O/c21-16-7-3-13(4-8-16)11-17(22)19(27)25-12-14-1-5-15(6-2-14)18-9-10-24-20(23)26-18/h3-4,7-10,14-15,17H,1-2,5-6,11-12,22H2,(H,25,27)(H2,23,24,26). The number of nitrogens with two attached hydrogens (primary N) is 2. The Kier molecular flexibility index (Phi) is 6.34. The molecular formula is C20H26FN5O. The van der Waals surface area contributed by atoms with E-state index in [2.05, 4.69) is 15.3 Å². The SMILES string of the molecule is Nc1nccc(C2CCC(CNC(=O)C(N)Cc3ccc(F)cc3)CC2)n1. The van der Waals surface area contributed by atoms with E-state index in [1.54, 1.807) is 18.3 Å². The number of aromatic nitrogens is 2. The summed E-state index contributed by atoms with van der Waals surface area (Å²) in [7, 11) is 0. The molecule has 6 nitrogen and oxygen atoms in total. The fourth-order valence-electron chi connectivity index (χ4n) is 3.62. The summed E-state index contributed by atoms with van der Waals surface area (Å²) < 4.78 is 12.9. The Morgan fingerprint density at radius 2 is 1.89 bits per heavy atom. The summed E-state index contributed by atoms with van der Waals surface area (Å²) in [6, 6.07) is 7.37. The van der Waals surface area contributed by atoms with Crippen molar-refractivity contribution in [1.82, 2.24) is 15.3 Å². The van der Waals surface area contributed by atoms with Gasteiger partial charge in [0, 0.05) is 24.4 Å². The van der Waals surface area contributed by atoms with Gasteiger partial charge in [0.25, 0.3) is 0 Å².